The number of amides is 1. The Morgan fingerprint density at radius 1 is 1.56 bits per heavy atom. The number of nitrogens with zero attached hydrogens (tertiary/aromatic N) is 1. The third-order valence-corrected chi connectivity index (χ3v) is 3.23. The van der Waals surface area contributed by atoms with Crippen molar-refractivity contribution in [3.05, 3.63) is 23.8 Å². The minimum atomic E-state index is -0.133. The van der Waals surface area contributed by atoms with E-state index in [2.05, 4.69) is 10.2 Å². The van der Waals surface area contributed by atoms with E-state index in [0.717, 1.165) is 19.5 Å². The number of methoxy groups -OCH3 is 1. The molecule has 2 rings (SSSR count). The average molecular weight is 249 g/mol. The maximum atomic E-state index is 12.1. The summed E-state index contributed by atoms with van der Waals surface area (Å²) >= 11 is 0. The Morgan fingerprint density at radius 2 is 2.33 bits per heavy atom. The van der Waals surface area contributed by atoms with Gasteiger partial charge in [-0.3, -0.25) is 4.79 Å². The fourth-order valence-corrected chi connectivity index (χ4v) is 2.17. The summed E-state index contributed by atoms with van der Waals surface area (Å²) in [7, 11) is 3.62. The molecule has 0 aliphatic carbocycles. The molecule has 18 heavy (non-hydrogen) atoms. The highest BCUT2D eigenvalue weighted by Gasteiger charge is 2.22. The maximum Gasteiger partial charge on any atom is 0.253 e. The number of anilines is 1. The first-order valence-corrected chi connectivity index (χ1v) is 6.03. The molecule has 3 N–H and O–H groups in total. The third kappa shape index (κ3) is 2.73. The van der Waals surface area contributed by atoms with Crippen LogP contribution in [-0.4, -0.2) is 44.1 Å². The van der Waals surface area contributed by atoms with E-state index in [0.29, 0.717) is 17.0 Å². The summed E-state index contributed by atoms with van der Waals surface area (Å²) in [5.74, 6) is 0.504. The lowest BCUT2D eigenvalue weighted by molar-refractivity contribution is 0.0939. The number of ether oxygens (including phenoxy) is 1. The van der Waals surface area contributed by atoms with Crippen LogP contribution in [0.5, 0.6) is 5.75 Å². The van der Waals surface area contributed by atoms with E-state index in [1.807, 2.05) is 7.05 Å². The molecule has 1 fully saturated rings. The maximum absolute atomic E-state index is 12.1. The summed E-state index contributed by atoms with van der Waals surface area (Å²) in [6.07, 6.45) is 0.978. The van der Waals surface area contributed by atoms with Gasteiger partial charge in [-0.25, -0.2) is 0 Å². The van der Waals surface area contributed by atoms with Crippen molar-refractivity contribution in [2.45, 2.75) is 12.5 Å². The summed E-state index contributed by atoms with van der Waals surface area (Å²) in [6, 6.07) is 5.31. The van der Waals surface area contributed by atoms with Crippen molar-refractivity contribution in [1.82, 2.24) is 10.2 Å². The van der Waals surface area contributed by atoms with Gasteiger partial charge in [0.15, 0.2) is 0 Å². The van der Waals surface area contributed by atoms with Gasteiger partial charge < -0.3 is 20.7 Å². The Kier molecular flexibility index (Phi) is 3.72. The largest absolute Gasteiger partial charge is 0.497 e. The summed E-state index contributed by atoms with van der Waals surface area (Å²) in [6.45, 7) is 1.90. The van der Waals surface area contributed by atoms with Gasteiger partial charge in [-0.2, -0.15) is 0 Å². The van der Waals surface area contributed by atoms with E-state index < -0.39 is 0 Å². The fraction of sp³-hybridized carbons (Fsp3) is 0.462. The minimum absolute atomic E-state index is 0.133. The number of hydrogen-bond acceptors (Lipinski definition) is 4. The molecule has 0 radical (unpaired) electrons. The zero-order valence-electron chi connectivity index (χ0n) is 10.8. The average Bonchev–Trinajstić information content (AvgIpc) is 2.75. The van der Waals surface area contributed by atoms with Crippen molar-refractivity contribution in [3.63, 3.8) is 0 Å². The van der Waals surface area contributed by atoms with Crippen LogP contribution in [0.25, 0.3) is 0 Å². The molecule has 1 aliphatic rings. The molecule has 0 aromatic heterocycles. The van der Waals surface area contributed by atoms with Gasteiger partial charge in [0.05, 0.1) is 12.7 Å². The number of benzene rings is 1. The Bertz CT molecular complexity index is 448. The number of nitrogens with one attached hydrogen (secondary N) is 1. The normalized spacial score (nSPS) is 19.8. The molecule has 1 aromatic carbocycles. The lowest BCUT2D eigenvalue weighted by Crippen LogP contribution is -2.36. The molecule has 1 atom stereocenters. The van der Waals surface area contributed by atoms with Crippen LogP contribution in [0.4, 0.5) is 5.69 Å². The Labute approximate surface area is 107 Å². The number of carbonyl (C=O) groups excluding carboxylic acids is 1. The van der Waals surface area contributed by atoms with Crippen LogP contribution in [0.1, 0.15) is 16.8 Å². The lowest BCUT2D eigenvalue weighted by Gasteiger charge is -2.14. The topological polar surface area (TPSA) is 67.6 Å². The Hall–Kier alpha value is -1.75. The van der Waals surface area contributed by atoms with Crippen molar-refractivity contribution < 1.29 is 9.53 Å². The van der Waals surface area contributed by atoms with Gasteiger partial charge in [0, 0.05) is 18.3 Å². The number of hydrogen-bond donors (Lipinski definition) is 2. The highest BCUT2D eigenvalue weighted by atomic mass is 16.5. The van der Waals surface area contributed by atoms with E-state index in [-0.39, 0.29) is 11.9 Å². The summed E-state index contributed by atoms with van der Waals surface area (Å²) in [4.78, 5) is 14.3. The van der Waals surface area contributed by atoms with E-state index in [1.54, 1.807) is 25.3 Å². The molecule has 98 valence electrons. The van der Waals surface area contributed by atoms with Gasteiger partial charge in [-0.05, 0) is 38.2 Å². The predicted molar refractivity (Wildman–Crippen MR) is 70.8 cm³/mol. The molecule has 1 heterocycles. The van der Waals surface area contributed by atoms with Gasteiger partial charge in [-0.1, -0.05) is 0 Å². The highest BCUT2D eigenvalue weighted by Crippen LogP contribution is 2.20. The molecule has 5 heteroatoms. The molecule has 1 aliphatic heterocycles. The monoisotopic (exact) mass is 249 g/mol. The minimum Gasteiger partial charge on any atom is -0.497 e. The zero-order valence-corrected chi connectivity index (χ0v) is 10.8. The molecule has 1 aromatic rings. The fourth-order valence-electron chi connectivity index (χ4n) is 2.17. The second kappa shape index (κ2) is 5.27. The molecule has 1 saturated heterocycles. The van der Waals surface area contributed by atoms with Crippen molar-refractivity contribution >= 4 is 11.6 Å². The Morgan fingerprint density at radius 3 is 2.94 bits per heavy atom. The summed E-state index contributed by atoms with van der Waals surface area (Å²) in [5.41, 5.74) is 6.77. The Balaban J connectivity index is 2.08. The third-order valence-electron chi connectivity index (χ3n) is 3.23. The van der Waals surface area contributed by atoms with Crippen LogP contribution in [0.15, 0.2) is 18.2 Å². The van der Waals surface area contributed by atoms with Crippen LogP contribution >= 0.6 is 0 Å². The molecule has 0 bridgehead atoms. The predicted octanol–water partition coefficient (Wildman–Crippen LogP) is 0.711. The number of nitrogens with two attached hydrogens (primary N) is 1. The molecule has 0 spiro atoms. The van der Waals surface area contributed by atoms with E-state index in [4.69, 9.17) is 10.5 Å². The van der Waals surface area contributed by atoms with Crippen molar-refractivity contribution in [3.8, 4) is 5.75 Å². The quantitative estimate of drug-likeness (QED) is 0.774. The van der Waals surface area contributed by atoms with Gasteiger partial charge in [0.25, 0.3) is 5.91 Å². The second-order valence-electron chi connectivity index (χ2n) is 4.67. The molecular weight excluding hydrogens is 230 g/mol. The van der Waals surface area contributed by atoms with E-state index >= 15 is 0 Å². The summed E-state index contributed by atoms with van der Waals surface area (Å²) in [5, 5.41) is 3.00. The smallest absolute Gasteiger partial charge is 0.253 e. The summed E-state index contributed by atoms with van der Waals surface area (Å²) < 4.78 is 5.10. The van der Waals surface area contributed by atoms with Crippen LogP contribution in [0.2, 0.25) is 0 Å². The number of rotatable bonds is 3. The highest BCUT2D eigenvalue weighted by molar-refractivity contribution is 5.99. The van der Waals surface area contributed by atoms with Gasteiger partial charge in [0.2, 0.25) is 0 Å². The van der Waals surface area contributed by atoms with Crippen LogP contribution in [0.3, 0.4) is 0 Å². The zero-order chi connectivity index (χ0) is 13.1. The number of likely N-dealkylation sites (tertiary alicyclic amines) is 1. The number of carbonyl (C=O) groups is 1. The molecule has 0 saturated carbocycles. The first-order valence-electron chi connectivity index (χ1n) is 6.03. The van der Waals surface area contributed by atoms with Crippen LogP contribution in [0, 0.1) is 0 Å². The lowest BCUT2D eigenvalue weighted by atomic mass is 10.1. The van der Waals surface area contributed by atoms with E-state index in [1.165, 1.54) is 0 Å². The van der Waals surface area contributed by atoms with Crippen LogP contribution in [-0.2, 0) is 0 Å². The molecular formula is C13H19N3O2. The first kappa shape index (κ1) is 12.7. The van der Waals surface area contributed by atoms with Crippen molar-refractivity contribution in [2.24, 2.45) is 0 Å². The van der Waals surface area contributed by atoms with E-state index in [9.17, 15) is 4.79 Å². The number of nitrogen functional groups attached to an aromatic ring is 1. The van der Waals surface area contributed by atoms with Gasteiger partial charge >= 0.3 is 0 Å². The van der Waals surface area contributed by atoms with Gasteiger partial charge in [-0.15, -0.1) is 0 Å². The molecule has 1 unspecified atom stereocenters. The van der Waals surface area contributed by atoms with Crippen molar-refractivity contribution in [1.29, 1.82) is 0 Å². The van der Waals surface area contributed by atoms with Crippen molar-refractivity contribution in [2.75, 3.05) is 33.0 Å². The first-order chi connectivity index (χ1) is 8.60. The van der Waals surface area contributed by atoms with Crippen LogP contribution < -0.4 is 15.8 Å². The van der Waals surface area contributed by atoms with Gasteiger partial charge in [0.1, 0.15) is 5.75 Å². The SMILES string of the molecule is COc1ccc(N)c(C(=O)NC2CCN(C)C2)c1. The molecule has 5 nitrogen and oxygen atoms in total. The second-order valence-corrected chi connectivity index (χ2v) is 4.67. The standard InChI is InChI=1S/C13H19N3O2/c1-16-6-5-9(8-16)15-13(17)11-7-10(18-2)3-4-12(11)14/h3-4,7,9H,5-6,8,14H2,1-2H3,(H,15,17). The number of likely N-dealkylation sites (N-methyl/N-ethyl adjacent to an activating group) is 1. The molecule has 1 amide bonds.